The van der Waals surface area contributed by atoms with E-state index in [0.717, 1.165) is 10.3 Å². The number of fused-ring (bicyclic) bond motifs is 1. The topological polar surface area (TPSA) is 124 Å². The predicted octanol–water partition coefficient (Wildman–Crippen LogP) is 4.62. The summed E-state index contributed by atoms with van der Waals surface area (Å²) in [6.07, 6.45) is 1.36. The molecule has 2 heterocycles. The molecular weight excluding hydrogens is 434 g/mol. The molecule has 0 aliphatic rings. The number of furan rings is 1. The molecule has 0 radical (unpaired) electrons. The van der Waals surface area contributed by atoms with Crippen molar-refractivity contribution in [3.05, 3.63) is 87.0 Å². The van der Waals surface area contributed by atoms with Gasteiger partial charge in [0.15, 0.2) is 0 Å². The van der Waals surface area contributed by atoms with Crippen LogP contribution in [0.15, 0.2) is 70.2 Å². The summed E-state index contributed by atoms with van der Waals surface area (Å²) in [6.45, 7) is 0. The lowest BCUT2D eigenvalue weighted by atomic mass is 10.1. The average Bonchev–Trinajstić information content (AvgIpc) is 3.45. The van der Waals surface area contributed by atoms with E-state index in [2.05, 4.69) is 15.3 Å². The van der Waals surface area contributed by atoms with E-state index in [9.17, 15) is 19.7 Å². The molecule has 4 rings (SSSR count). The van der Waals surface area contributed by atoms with Crippen molar-refractivity contribution in [3.63, 3.8) is 0 Å². The molecule has 0 atom stereocenters. The lowest BCUT2D eigenvalue weighted by molar-refractivity contribution is -0.384. The molecule has 160 valence electrons. The quantitative estimate of drug-likeness (QED) is 0.198. The van der Waals surface area contributed by atoms with Crippen LogP contribution in [0.5, 0.6) is 0 Å². The molecule has 10 heteroatoms. The normalized spacial score (nSPS) is 11.0. The molecule has 1 N–H and O–H groups in total. The number of benzene rings is 2. The number of hydrogen-bond acceptors (Lipinski definition) is 8. The lowest BCUT2D eigenvalue weighted by Gasteiger charge is -2.00. The molecule has 0 unspecified atom stereocenters. The maximum Gasteiger partial charge on any atom is 0.337 e. The van der Waals surface area contributed by atoms with Gasteiger partial charge in [-0.1, -0.05) is 12.1 Å². The van der Waals surface area contributed by atoms with Gasteiger partial charge in [0.2, 0.25) is 0 Å². The first-order valence-corrected chi connectivity index (χ1v) is 10.1. The minimum atomic E-state index is -0.480. The predicted molar refractivity (Wildman–Crippen MR) is 119 cm³/mol. The van der Waals surface area contributed by atoms with Crippen molar-refractivity contribution in [2.24, 2.45) is 5.10 Å². The highest BCUT2D eigenvalue weighted by atomic mass is 32.1. The maximum absolute atomic E-state index is 12.3. The van der Waals surface area contributed by atoms with Crippen LogP contribution in [-0.4, -0.2) is 30.1 Å². The number of nitrogens with one attached hydrogen (secondary N) is 1. The van der Waals surface area contributed by atoms with Crippen LogP contribution in [0.1, 0.15) is 25.8 Å². The van der Waals surface area contributed by atoms with Crippen LogP contribution in [0.2, 0.25) is 0 Å². The largest absolute Gasteiger partial charge is 0.465 e. The second kappa shape index (κ2) is 8.82. The Morgan fingerprint density at radius 2 is 1.91 bits per heavy atom. The third-order valence-electron chi connectivity index (χ3n) is 4.51. The van der Waals surface area contributed by atoms with Gasteiger partial charge in [0.05, 0.1) is 28.7 Å². The van der Waals surface area contributed by atoms with Gasteiger partial charge >= 0.3 is 5.97 Å². The fourth-order valence-corrected chi connectivity index (χ4v) is 3.86. The van der Waals surface area contributed by atoms with Gasteiger partial charge in [0.25, 0.3) is 11.6 Å². The van der Waals surface area contributed by atoms with Crippen LogP contribution >= 0.6 is 11.3 Å². The molecule has 1 amide bonds. The molecule has 0 saturated carbocycles. The molecular formula is C22H15N3O6S. The van der Waals surface area contributed by atoms with Crippen LogP contribution in [0.3, 0.4) is 0 Å². The number of carbonyl (C=O) groups is 2. The average molecular weight is 449 g/mol. The summed E-state index contributed by atoms with van der Waals surface area (Å²) in [5.41, 5.74) is 3.58. The summed E-state index contributed by atoms with van der Waals surface area (Å²) in [7, 11) is 1.32. The van der Waals surface area contributed by atoms with Crippen molar-refractivity contribution >= 4 is 45.2 Å². The number of methoxy groups -OCH3 is 1. The number of thiophene rings is 1. The van der Waals surface area contributed by atoms with Crippen molar-refractivity contribution in [2.45, 2.75) is 0 Å². The van der Waals surface area contributed by atoms with E-state index in [1.54, 1.807) is 48.5 Å². The highest BCUT2D eigenvalue weighted by Crippen LogP contribution is 2.29. The number of nitro benzene ring substituents is 1. The summed E-state index contributed by atoms with van der Waals surface area (Å²) in [6, 6.07) is 16.2. The van der Waals surface area contributed by atoms with Gasteiger partial charge < -0.3 is 9.15 Å². The van der Waals surface area contributed by atoms with Crippen LogP contribution < -0.4 is 5.43 Å². The molecule has 9 nitrogen and oxygen atoms in total. The second-order valence-corrected chi connectivity index (χ2v) is 7.64. The number of hydrogen-bond donors (Lipinski definition) is 1. The first-order chi connectivity index (χ1) is 15.4. The Morgan fingerprint density at radius 1 is 1.12 bits per heavy atom. The Kier molecular flexibility index (Phi) is 5.77. The summed E-state index contributed by atoms with van der Waals surface area (Å²) < 4.78 is 11.1. The second-order valence-electron chi connectivity index (χ2n) is 6.56. The van der Waals surface area contributed by atoms with Crippen LogP contribution in [0.4, 0.5) is 5.69 Å². The van der Waals surface area contributed by atoms with Gasteiger partial charge in [0, 0.05) is 27.8 Å². The van der Waals surface area contributed by atoms with Gasteiger partial charge in [-0.2, -0.15) is 5.10 Å². The van der Waals surface area contributed by atoms with Gasteiger partial charge in [-0.3, -0.25) is 14.9 Å². The number of rotatable bonds is 6. The number of ether oxygens (including phenoxy) is 1. The van der Waals surface area contributed by atoms with Crippen molar-refractivity contribution in [3.8, 4) is 11.3 Å². The zero-order valence-corrected chi connectivity index (χ0v) is 17.4. The number of amides is 1. The molecule has 0 spiro atoms. The Balaban J connectivity index is 1.41. The maximum atomic E-state index is 12.3. The van der Waals surface area contributed by atoms with Gasteiger partial charge in [-0.25, -0.2) is 10.2 Å². The summed E-state index contributed by atoms with van der Waals surface area (Å²) >= 11 is 1.21. The highest BCUT2D eigenvalue weighted by molar-refractivity contribution is 7.20. The van der Waals surface area contributed by atoms with E-state index in [1.807, 2.05) is 0 Å². The summed E-state index contributed by atoms with van der Waals surface area (Å²) in [4.78, 5) is 34.6. The number of esters is 1. The molecule has 0 bridgehead atoms. The molecule has 2 aromatic heterocycles. The third kappa shape index (κ3) is 4.40. The van der Waals surface area contributed by atoms with Gasteiger partial charge in [-0.05, 0) is 36.4 Å². The smallest absolute Gasteiger partial charge is 0.337 e. The van der Waals surface area contributed by atoms with E-state index in [1.165, 1.54) is 36.8 Å². The minimum absolute atomic E-state index is 0.0335. The van der Waals surface area contributed by atoms with Crippen LogP contribution in [0.25, 0.3) is 21.4 Å². The summed E-state index contributed by atoms with van der Waals surface area (Å²) in [5.74, 6) is 0.135. The standard InChI is InChI=1S/C22H15N3O6S/c1-30-22(27)14-4-2-13(3-5-14)18-8-7-17(31-18)12-23-24-21(26)20-11-15-10-16(25(28)29)6-9-19(15)32-20/h2-12H,1H3,(H,24,26)/b23-12-. The van der Waals surface area contributed by atoms with E-state index in [-0.39, 0.29) is 5.69 Å². The third-order valence-corrected chi connectivity index (χ3v) is 5.62. The van der Waals surface area contributed by atoms with E-state index >= 15 is 0 Å². The van der Waals surface area contributed by atoms with Gasteiger partial charge in [0.1, 0.15) is 11.5 Å². The van der Waals surface area contributed by atoms with E-state index in [4.69, 9.17) is 4.42 Å². The fourth-order valence-electron chi connectivity index (χ4n) is 2.93. The number of nitro groups is 1. The van der Waals surface area contributed by atoms with Crippen molar-refractivity contribution in [1.29, 1.82) is 0 Å². The first kappa shape index (κ1) is 20.9. The molecule has 4 aromatic rings. The highest BCUT2D eigenvalue weighted by Gasteiger charge is 2.13. The Bertz CT molecular complexity index is 1350. The SMILES string of the molecule is COC(=O)c1ccc(-c2ccc(/C=N\NC(=O)c3cc4cc([N+](=O)[O-])ccc4s3)o2)cc1. The van der Waals surface area contributed by atoms with Gasteiger partial charge in [-0.15, -0.1) is 11.3 Å². The van der Waals surface area contributed by atoms with Crippen LogP contribution in [-0.2, 0) is 4.74 Å². The monoisotopic (exact) mass is 449 g/mol. The van der Waals surface area contributed by atoms with Crippen molar-refractivity contribution in [1.82, 2.24) is 5.43 Å². The van der Waals surface area contributed by atoms with Crippen LogP contribution in [0, 0.1) is 10.1 Å². The van der Waals surface area contributed by atoms with Crippen molar-refractivity contribution in [2.75, 3.05) is 7.11 Å². The Labute approximate surface area is 185 Å². The molecule has 0 aliphatic heterocycles. The number of nitrogens with zero attached hydrogens (tertiary/aromatic N) is 2. The first-order valence-electron chi connectivity index (χ1n) is 9.24. The van der Waals surface area contributed by atoms with E-state index in [0.29, 0.717) is 27.3 Å². The summed E-state index contributed by atoms with van der Waals surface area (Å²) in [5, 5.41) is 15.4. The number of hydrazone groups is 1. The molecule has 0 saturated heterocycles. The zero-order chi connectivity index (χ0) is 22.7. The molecule has 0 fully saturated rings. The Hall–Kier alpha value is -4.31. The van der Waals surface area contributed by atoms with E-state index < -0.39 is 16.8 Å². The molecule has 0 aliphatic carbocycles. The minimum Gasteiger partial charge on any atom is -0.465 e. The molecule has 2 aromatic carbocycles. The zero-order valence-electron chi connectivity index (χ0n) is 16.6. The number of non-ortho nitro benzene ring substituents is 1. The Morgan fingerprint density at radius 3 is 2.62 bits per heavy atom. The lowest BCUT2D eigenvalue weighted by Crippen LogP contribution is -2.15. The van der Waals surface area contributed by atoms with Crippen molar-refractivity contribution < 1.29 is 23.7 Å². The number of carbonyl (C=O) groups excluding carboxylic acids is 2. The fraction of sp³-hybridized carbons (Fsp3) is 0.0455. The molecule has 32 heavy (non-hydrogen) atoms.